The van der Waals surface area contributed by atoms with Gasteiger partial charge in [0.25, 0.3) is 0 Å². The molecule has 1 aromatic heterocycles. The molecule has 4 heteroatoms. The van der Waals surface area contributed by atoms with Gasteiger partial charge in [0.05, 0.1) is 17.9 Å². The summed E-state index contributed by atoms with van der Waals surface area (Å²) in [4.78, 5) is 4.64. The maximum absolute atomic E-state index is 5.68. The topological polar surface area (TPSA) is 47.3 Å². The van der Waals surface area contributed by atoms with Crippen LogP contribution in [0.15, 0.2) is 34.9 Å². The first-order valence-corrected chi connectivity index (χ1v) is 8.73. The molecule has 1 aromatic carbocycles. The van der Waals surface area contributed by atoms with Crippen molar-refractivity contribution >= 4 is 0 Å². The number of fused-ring (bicyclic) bond motifs is 2. The first kappa shape index (κ1) is 14.8. The van der Waals surface area contributed by atoms with Gasteiger partial charge in [-0.25, -0.2) is 4.98 Å². The van der Waals surface area contributed by atoms with Crippen molar-refractivity contribution in [2.45, 2.75) is 45.2 Å². The molecule has 2 aliphatic carbocycles. The highest BCUT2D eigenvalue weighted by Gasteiger charge is 2.39. The van der Waals surface area contributed by atoms with Crippen LogP contribution in [0.2, 0.25) is 0 Å². The molecule has 0 aliphatic heterocycles. The molecule has 2 bridgehead atoms. The summed E-state index contributed by atoms with van der Waals surface area (Å²) >= 11 is 0. The zero-order valence-electron chi connectivity index (χ0n) is 13.6. The fourth-order valence-electron chi connectivity index (χ4n) is 4.17. The second kappa shape index (κ2) is 6.36. The zero-order valence-corrected chi connectivity index (χ0v) is 13.6. The summed E-state index contributed by atoms with van der Waals surface area (Å²) in [7, 11) is 0. The van der Waals surface area contributed by atoms with Crippen LogP contribution in [-0.4, -0.2) is 17.6 Å². The summed E-state index contributed by atoms with van der Waals surface area (Å²) in [6.07, 6.45) is 7.35. The Bertz CT molecular complexity index is 667. The van der Waals surface area contributed by atoms with Gasteiger partial charge in [0.15, 0.2) is 0 Å². The molecule has 1 N–H and O–H groups in total. The number of hydrogen-bond donors (Lipinski definition) is 1. The molecule has 3 atom stereocenters. The summed E-state index contributed by atoms with van der Waals surface area (Å²) in [6, 6.07) is 8.56. The fraction of sp³-hybridized carbons (Fsp3) is 0.526. The number of aromatic nitrogens is 1. The van der Waals surface area contributed by atoms with Crippen molar-refractivity contribution in [1.82, 2.24) is 10.3 Å². The third kappa shape index (κ3) is 3.00. The minimum Gasteiger partial charge on any atom is -0.493 e. The number of benzene rings is 1. The number of ether oxygens (including phenoxy) is 1. The van der Waals surface area contributed by atoms with Crippen LogP contribution in [0.3, 0.4) is 0 Å². The van der Waals surface area contributed by atoms with E-state index in [9.17, 15) is 0 Å². The Balaban J connectivity index is 1.43. The van der Waals surface area contributed by atoms with Crippen LogP contribution in [0.25, 0.3) is 11.5 Å². The highest BCUT2D eigenvalue weighted by atomic mass is 16.5. The lowest BCUT2D eigenvalue weighted by molar-refractivity contribution is 0.340. The van der Waals surface area contributed by atoms with Crippen LogP contribution < -0.4 is 10.1 Å². The molecule has 2 fully saturated rings. The Labute approximate surface area is 137 Å². The highest BCUT2D eigenvalue weighted by Crippen LogP contribution is 2.44. The molecule has 1 unspecified atom stereocenters. The number of hydrogen-bond acceptors (Lipinski definition) is 4. The SMILES string of the molecule is CCOc1ccccc1-c1nc(CNC2C[C@H]3CC[C@@H]2C3)co1. The summed E-state index contributed by atoms with van der Waals surface area (Å²) in [5, 5.41) is 3.68. The first-order chi connectivity index (χ1) is 11.3. The minimum atomic E-state index is 0.635. The van der Waals surface area contributed by atoms with E-state index in [1.54, 1.807) is 6.26 Å². The average molecular weight is 312 g/mol. The summed E-state index contributed by atoms with van der Waals surface area (Å²) in [5.41, 5.74) is 1.88. The van der Waals surface area contributed by atoms with E-state index in [1.165, 1.54) is 25.7 Å². The van der Waals surface area contributed by atoms with E-state index >= 15 is 0 Å². The van der Waals surface area contributed by atoms with Crippen LogP contribution in [0.1, 0.15) is 38.3 Å². The Hall–Kier alpha value is -1.81. The molecule has 0 amide bonds. The smallest absolute Gasteiger partial charge is 0.229 e. The van der Waals surface area contributed by atoms with Crippen LogP contribution in [0, 0.1) is 11.8 Å². The average Bonchev–Trinajstić information content (AvgIpc) is 3.30. The normalized spacial score (nSPS) is 25.9. The third-order valence-electron chi connectivity index (χ3n) is 5.25. The van der Waals surface area contributed by atoms with Crippen molar-refractivity contribution < 1.29 is 9.15 Å². The maximum atomic E-state index is 5.68. The summed E-state index contributed by atoms with van der Waals surface area (Å²) in [5.74, 6) is 3.30. The Morgan fingerprint density at radius 1 is 1.26 bits per heavy atom. The van der Waals surface area contributed by atoms with E-state index in [1.807, 2.05) is 31.2 Å². The van der Waals surface area contributed by atoms with E-state index in [4.69, 9.17) is 9.15 Å². The Kier molecular flexibility index (Phi) is 4.08. The molecule has 0 spiro atoms. The van der Waals surface area contributed by atoms with Gasteiger partial charge >= 0.3 is 0 Å². The molecule has 0 radical (unpaired) electrons. The maximum Gasteiger partial charge on any atom is 0.229 e. The number of rotatable bonds is 6. The van der Waals surface area contributed by atoms with Crippen molar-refractivity contribution in [3.63, 3.8) is 0 Å². The molecule has 1 heterocycles. The third-order valence-corrected chi connectivity index (χ3v) is 5.25. The minimum absolute atomic E-state index is 0.635. The predicted molar refractivity (Wildman–Crippen MR) is 89.2 cm³/mol. The summed E-state index contributed by atoms with van der Waals surface area (Å²) < 4.78 is 11.3. The van der Waals surface area contributed by atoms with Crippen molar-refractivity contribution in [3.8, 4) is 17.2 Å². The van der Waals surface area contributed by atoms with E-state index < -0.39 is 0 Å². The molecule has 23 heavy (non-hydrogen) atoms. The van der Waals surface area contributed by atoms with Crippen LogP contribution in [0.5, 0.6) is 5.75 Å². The molecular formula is C19H24N2O2. The molecule has 2 aromatic rings. The Morgan fingerprint density at radius 3 is 2.96 bits per heavy atom. The first-order valence-electron chi connectivity index (χ1n) is 8.73. The lowest BCUT2D eigenvalue weighted by atomic mass is 9.95. The van der Waals surface area contributed by atoms with Gasteiger partial charge in [-0.3, -0.25) is 0 Å². The van der Waals surface area contributed by atoms with E-state index in [-0.39, 0.29) is 0 Å². The van der Waals surface area contributed by atoms with E-state index in [0.717, 1.165) is 35.4 Å². The molecule has 4 rings (SSSR count). The zero-order chi connectivity index (χ0) is 15.6. The van der Waals surface area contributed by atoms with Gasteiger partial charge in [0, 0.05) is 12.6 Å². The van der Waals surface area contributed by atoms with Gasteiger partial charge in [-0.2, -0.15) is 0 Å². The van der Waals surface area contributed by atoms with Crippen molar-refractivity contribution in [2.75, 3.05) is 6.61 Å². The second-order valence-electron chi connectivity index (χ2n) is 6.74. The van der Waals surface area contributed by atoms with Crippen molar-refractivity contribution in [3.05, 3.63) is 36.2 Å². The predicted octanol–water partition coefficient (Wildman–Crippen LogP) is 4.02. The molecule has 4 nitrogen and oxygen atoms in total. The lowest BCUT2D eigenvalue weighted by Gasteiger charge is -2.22. The quantitative estimate of drug-likeness (QED) is 0.875. The van der Waals surface area contributed by atoms with Crippen molar-refractivity contribution in [2.24, 2.45) is 11.8 Å². The molecule has 2 saturated carbocycles. The van der Waals surface area contributed by atoms with Crippen LogP contribution in [0.4, 0.5) is 0 Å². The fourth-order valence-corrected chi connectivity index (χ4v) is 4.17. The number of nitrogens with zero attached hydrogens (tertiary/aromatic N) is 1. The van der Waals surface area contributed by atoms with Gasteiger partial charge < -0.3 is 14.5 Å². The lowest BCUT2D eigenvalue weighted by Crippen LogP contribution is -2.33. The monoisotopic (exact) mass is 312 g/mol. The van der Waals surface area contributed by atoms with Crippen LogP contribution >= 0.6 is 0 Å². The van der Waals surface area contributed by atoms with Gasteiger partial charge in [-0.1, -0.05) is 18.6 Å². The second-order valence-corrected chi connectivity index (χ2v) is 6.74. The molecule has 2 aliphatic rings. The van der Waals surface area contributed by atoms with Gasteiger partial charge in [-0.05, 0) is 50.2 Å². The van der Waals surface area contributed by atoms with Gasteiger partial charge in [-0.15, -0.1) is 0 Å². The molecule has 0 saturated heterocycles. The molecule has 122 valence electrons. The highest BCUT2D eigenvalue weighted by molar-refractivity contribution is 5.62. The molecular weight excluding hydrogens is 288 g/mol. The van der Waals surface area contributed by atoms with Crippen LogP contribution in [-0.2, 0) is 6.54 Å². The standard InChI is InChI=1S/C19H24N2O2/c1-2-22-18-6-4-3-5-16(18)19-21-15(12-23-19)11-20-17-10-13-7-8-14(17)9-13/h3-6,12-14,17,20H,2,7-11H2,1H3/t13-,14+,17?/m0/s1. The number of para-hydroxylation sites is 1. The van der Waals surface area contributed by atoms with Gasteiger partial charge in [0.2, 0.25) is 5.89 Å². The van der Waals surface area contributed by atoms with E-state index in [0.29, 0.717) is 18.5 Å². The van der Waals surface area contributed by atoms with Gasteiger partial charge in [0.1, 0.15) is 12.0 Å². The largest absolute Gasteiger partial charge is 0.493 e. The number of nitrogens with one attached hydrogen (secondary N) is 1. The summed E-state index contributed by atoms with van der Waals surface area (Å²) in [6.45, 7) is 3.40. The Morgan fingerprint density at radius 2 is 2.17 bits per heavy atom. The van der Waals surface area contributed by atoms with Crippen molar-refractivity contribution in [1.29, 1.82) is 0 Å². The van der Waals surface area contributed by atoms with E-state index in [2.05, 4.69) is 10.3 Å². The number of oxazole rings is 1.